The molecule has 1 aliphatic heterocycles. The highest BCUT2D eigenvalue weighted by molar-refractivity contribution is 7.86. The summed E-state index contributed by atoms with van der Waals surface area (Å²) in [5.41, 5.74) is 0.488. The second-order valence-electron chi connectivity index (χ2n) is 4.67. The Hall–Kier alpha value is -1.44. The summed E-state index contributed by atoms with van der Waals surface area (Å²) in [5.74, 6) is -0.409. The van der Waals surface area contributed by atoms with Crippen LogP contribution < -0.4 is 0 Å². The van der Waals surface area contributed by atoms with Crippen LogP contribution in [0.1, 0.15) is 23.2 Å². The van der Waals surface area contributed by atoms with Crippen molar-refractivity contribution in [2.45, 2.75) is 18.9 Å². The Morgan fingerprint density at radius 2 is 1.80 bits per heavy atom. The third-order valence-electron chi connectivity index (χ3n) is 2.93. The van der Waals surface area contributed by atoms with Crippen molar-refractivity contribution in [3.63, 3.8) is 0 Å². The van der Waals surface area contributed by atoms with Gasteiger partial charge in [0.05, 0.1) is 17.9 Å². The molecule has 0 amide bonds. The second-order valence-corrected chi connectivity index (χ2v) is 6.27. The molecule has 1 aliphatic rings. The Morgan fingerprint density at radius 1 is 1.20 bits per heavy atom. The van der Waals surface area contributed by atoms with Crippen molar-refractivity contribution in [2.24, 2.45) is 0 Å². The zero-order chi connectivity index (χ0) is 14.6. The first-order chi connectivity index (χ1) is 9.44. The Bertz CT molecular complexity index is 549. The number of piperidine rings is 1. The lowest BCUT2D eigenvalue weighted by molar-refractivity contribution is -0.130. The number of hydrogen-bond acceptors (Lipinski definition) is 6. The number of carbonyl (C=O) groups is 1. The maximum Gasteiger partial charge on any atom is 0.357 e. The van der Waals surface area contributed by atoms with E-state index >= 15 is 0 Å². The van der Waals surface area contributed by atoms with Crippen LogP contribution in [-0.2, 0) is 19.1 Å². The molecule has 0 unspecified atom stereocenters. The molecule has 1 fully saturated rings. The average molecular weight is 299 g/mol. The minimum absolute atomic E-state index is 0.336. The molecule has 7 heteroatoms. The first kappa shape index (κ1) is 15.0. The second kappa shape index (κ2) is 6.34. The van der Waals surface area contributed by atoms with Crippen LogP contribution in [0.25, 0.3) is 0 Å². The van der Waals surface area contributed by atoms with Crippen molar-refractivity contribution < 1.29 is 22.2 Å². The van der Waals surface area contributed by atoms with Crippen LogP contribution in [0.2, 0.25) is 0 Å². The van der Waals surface area contributed by atoms with E-state index in [1.165, 1.54) is 5.06 Å². The third-order valence-corrected chi connectivity index (χ3v) is 3.56. The number of hydrogen-bond donors (Lipinski definition) is 0. The van der Waals surface area contributed by atoms with Gasteiger partial charge in [-0.15, -0.1) is 5.06 Å². The Labute approximate surface area is 118 Å². The van der Waals surface area contributed by atoms with Crippen molar-refractivity contribution in [1.82, 2.24) is 5.06 Å². The van der Waals surface area contributed by atoms with Crippen LogP contribution >= 0.6 is 0 Å². The van der Waals surface area contributed by atoms with E-state index in [0.717, 1.165) is 6.26 Å². The number of rotatable bonds is 4. The quantitative estimate of drug-likeness (QED) is 0.778. The largest absolute Gasteiger partial charge is 0.364 e. The van der Waals surface area contributed by atoms with E-state index in [4.69, 9.17) is 9.02 Å². The molecule has 20 heavy (non-hydrogen) atoms. The minimum Gasteiger partial charge on any atom is -0.364 e. The van der Waals surface area contributed by atoms with Gasteiger partial charge in [0.2, 0.25) is 0 Å². The summed E-state index contributed by atoms with van der Waals surface area (Å²) in [6.45, 7) is 0.914. The van der Waals surface area contributed by atoms with Crippen LogP contribution in [0.3, 0.4) is 0 Å². The summed E-state index contributed by atoms with van der Waals surface area (Å²) in [4.78, 5) is 17.1. The minimum atomic E-state index is -3.43. The Balaban J connectivity index is 1.82. The van der Waals surface area contributed by atoms with E-state index in [1.807, 2.05) is 6.07 Å². The molecular formula is C13H17NO5S. The van der Waals surface area contributed by atoms with Gasteiger partial charge in [0.1, 0.15) is 0 Å². The molecule has 0 aromatic heterocycles. The fourth-order valence-electron chi connectivity index (χ4n) is 2.01. The number of nitrogens with zero attached hydrogens (tertiary/aromatic N) is 1. The molecule has 110 valence electrons. The van der Waals surface area contributed by atoms with Gasteiger partial charge in [-0.25, -0.2) is 4.79 Å². The van der Waals surface area contributed by atoms with Crippen molar-refractivity contribution in [3.05, 3.63) is 35.9 Å². The van der Waals surface area contributed by atoms with Crippen LogP contribution in [0.4, 0.5) is 0 Å². The van der Waals surface area contributed by atoms with Gasteiger partial charge in [0, 0.05) is 13.1 Å². The smallest absolute Gasteiger partial charge is 0.357 e. The molecule has 0 N–H and O–H groups in total. The molecule has 1 saturated heterocycles. The van der Waals surface area contributed by atoms with Crippen LogP contribution in [0.15, 0.2) is 30.3 Å². The summed E-state index contributed by atoms with van der Waals surface area (Å²) >= 11 is 0. The lowest BCUT2D eigenvalue weighted by Gasteiger charge is -2.29. The molecule has 1 aromatic carbocycles. The van der Waals surface area contributed by atoms with Gasteiger partial charge in [-0.3, -0.25) is 4.18 Å². The van der Waals surface area contributed by atoms with Crippen LogP contribution in [-0.4, -0.2) is 44.9 Å². The zero-order valence-corrected chi connectivity index (χ0v) is 12.0. The highest BCUT2D eigenvalue weighted by atomic mass is 32.2. The summed E-state index contributed by atoms with van der Waals surface area (Å²) in [7, 11) is -3.43. The summed E-state index contributed by atoms with van der Waals surface area (Å²) in [6.07, 6.45) is 1.72. The van der Waals surface area contributed by atoms with Crippen molar-refractivity contribution in [3.8, 4) is 0 Å². The van der Waals surface area contributed by atoms with Gasteiger partial charge in [0.15, 0.2) is 0 Å². The lowest BCUT2D eigenvalue weighted by Crippen LogP contribution is -2.39. The maximum absolute atomic E-state index is 11.8. The topological polar surface area (TPSA) is 72.9 Å². The molecular weight excluding hydrogens is 282 g/mol. The van der Waals surface area contributed by atoms with E-state index in [2.05, 4.69) is 0 Å². The van der Waals surface area contributed by atoms with Crippen molar-refractivity contribution in [1.29, 1.82) is 0 Å². The van der Waals surface area contributed by atoms with E-state index < -0.39 is 16.1 Å². The standard InChI is InChI=1S/C13H17NO5S/c1-20(16,17)19-12-7-9-14(10-8-12)18-13(15)11-5-3-2-4-6-11/h2-6,12H,7-10H2,1H3. The fourth-order valence-corrected chi connectivity index (χ4v) is 2.70. The van der Waals surface area contributed by atoms with Crippen LogP contribution in [0.5, 0.6) is 0 Å². The molecule has 0 radical (unpaired) electrons. The maximum atomic E-state index is 11.8. The molecule has 0 aliphatic carbocycles. The first-order valence-corrected chi connectivity index (χ1v) is 8.16. The summed E-state index contributed by atoms with van der Waals surface area (Å²) in [6, 6.07) is 8.72. The Kier molecular flexibility index (Phi) is 4.74. The van der Waals surface area contributed by atoms with Crippen molar-refractivity contribution >= 4 is 16.1 Å². The summed E-state index contributed by atoms with van der Waals surface area (Å²) in [5, 5.41) is 1.54. The predicted molar refractivity (Wildman–Crippen MR) is 72.4 cm³/mol. The number of carbonyl (C=O) groups excluding carboxylic acids is 1. The monoisotopic (exact) mass is 299 g/mol. The van der Waals surface area contributed by atoms with Gasteiger partial charge in [-0.1, -0.05) is 18.2 Å². The molecule has 0 saturated carbocycles. The number of hydroxylamine groups is 2. The molecule has 6 nitrogen and oxygen atoms in total. The predicted octanol–water partition coefficient (Wildman–Crippen LogP) is 1.20. The molecule has 0 spiro atoms. The number of benzene rings is 1. The molecule has 2 rings (SSSR count). The highest BCUT2D eigenvalue weighted by Crippen LogP contribution is 2.16. The van der Waals surface area contributed by atoms with Crippen LogP contribution in [0, 0.1) is 0 Å². The van der Waals surface area contributed by atoms with Gasteiger partial charge >= 0.3 is 5.97 Å². The van der Waals surface area contributed by atoms with Crippen molar-refractivity contribution in [2.75, 3.05) is 19.3 Å². The molecule has 0 bridgehead atoms. The van der Waals surface area contributed by atoms with E-state index in [1.54, 1.807) is 24.3 Å². The highest BCUT2D eigenvalue weighted by Gasteiger charge is 2.25. The van der Waals surface area contributed by atoms with Gasteiger partial charge < -0.3 is 4.84 Å². The SMILES string of the molecule is CS(=O)(=O)OC1CCN(OC(=O)c2ccccc2)CC1. The van der Waals surface area contributed by atoms with Gasteiger partial charge in [0.25, 0.3) is 10.1 Å². The first-order valence-electron chi connectivity index (χ1n) is 6.34. The third kappa shape index (κ3) is 4.59. The normalized spacial score (nSPS) is 17.9. The fraction of sp³-hybridized carbons (Fsp3) is 0.462. The summed E-state index contributed by atoms with van der Waals surface area (Å²) < 4.78 is 27.0. The van der Waals surface area contributed by atoms with E-state index in [0.29, 0.717) is 31.5 Å². The van der Waals surface area contributed by atoms with Gasteiger partial charge in [-0.2, -0.15) is 8.42 Å². The van der Waals surface area contributed by atoms with E-state index in [9.17, 15) is 13.2 Å². The lowest BCUT2D eigenvalue weighted by atomic mass is 10.1. The molecule has 1 heterocycles. The zero-order valence-electron chi connectivity index (χ0n) is 11.2. The molecule has 0 atom stereocenters. The average Bonchev–Trinajstić information content (AvgIpc) is 2.40. The van der Waals surface area contributed by atoms with Gasteiger partial charge in [-0.05, 0) is 25.0 Å². The molecule has 1 aromatic rings. The van der Waals surface area contributed by atoms with E-state index in [-0.39, 0.29) is 6.10 Å². The Morgan fingerprint density at radius 3 is 2.35 bits per heavy atom.